The molecule has 35 heavy (non-hydrogen) atoms. The number of esters is 1. The first-order chi connectivity index (χ1) is 16.9. The van der Waals surface area contributed by atoms with Crippen molar-refractivity contribution >= 4 is 39.8 Å². The van der Waals surface area contributed by atoms with E-state index < -0.39 is 16.8 Å². The van der Waals surface area contributed by atoms with Gasteiger partial charge in [-0.05, 0) is 61.1 Å². The van der Waals surface area contributed by atoms with Gasteiger partial charge in [0.05, 0.1) is 23.2 Å². The van der Waals surface area contributed by atoms with Crippen LogP contribution in [0.15, 0.2) is 48.5 Å². The number of nitro groups is 1. The Morgan fingerprint density at radius 3 is 2.46 bits per heavy atom. The predicted molar refractivity (Wildman–Crippen MR) is 131 cm³/mol. The lowest BCUT2D eigenvalue weighted by Crippen LogP contribution is -2.25. The highest BCUT2D eigenvalue weighted by Gasteiger charge is 2.26. The number of hydrogen-bond acceptors (Lipinski definition) is 7. The molecule has 0 atom stereocenters. The van der Waals surface area contributed by atoms with Crippen molar-refractivity contribution in [3.8, 4) is 0 Å². The molecule has 0 radical (unpaired) electrons. The molecule has 1 aliphatic carbocycles. The summed E-state index contributed by atoms with van der Waals surface area (Å²) in [6.07, 6.45) is 3.56. The lowest BCUT2D eigenvalue weighted by Gasteiger charge is -2.13. The van der Waals surface area contributed by atoms with Gasteiger partial charge in [-0.15, -0.1) is 11.3 Å². The first-order valence-corrected chi connectivity index (χ1v) is 11.8. The first-order valence-electron chi connectivity index (χ1n) is 11.0. The lowest BCUT2D eigenvalue weighted by atomic mass is 9.95. The van der Waals surface area contributed by atoms with Crippen molar-refractivity contribution in [1.82, 2.24) is 5.32 Å². The van der Waals surface area contributed by atoms with Crippen LogP contribution in [0.1, 0.15) is 59.9 Å². The minimum Gasteiger partial charge on any atom is -0.465 e. The number of rotatable bonds is 7. The van der Waals surface area contributed by atoms with Crippen molar-refractivity contribution in [3.63, 3.8) is 0 Å². The molecule has 0 aliphatic heterocycles. The summed E-state index contributed by atoms with van der Waals surface area (Å²) < 4.78 is 4.68. The number of nitrogens with one attached hydrogen (secondary N) is 2. The summed E-state index contributed by atoms with van der Waals surface area (Å²) in [6.45, 7) is 0.119. The number of hydrogen-bond donors (Lipinski definition) is 2. The van der Waals surface area contributed by atoms with Gasteiger partial charge >= 0.3 is 5.97 Å². The largest absolute Gasteiger partial charge is 0.465 e. The van der Waals surface area contributed by atoms with Crippen molar-refractivity contribution < 1.29 is 24.0 Å². The van der Waals surface area contributed by atoms with Crippen LogP contribution in [-0.2, 0) is 24.1 Å². The average molecular weight is 494 g/mol. The summed E-state index contributed by atoms with van der Waals surface area (Å²) in [4.78, 5) is 49.4. The van der Waals surface area contributed by atoms with Crippen LogP contribution < -0.4 is 10.6 Å². The van der Waals surface area contributed by atoms with E-state index >= 15 is 0 Å². The Bertz CT molecular complexity index is 1300. The fraction of sp³-hybridized carbons (Fsp3) is 0.240. The maximum atomic E-state index is 13.2. The van der Waals surface area contributed by atoms with Crippen molar-refractivity contribution in [3.05, 3.63) is 91.3 Å². The number of non-ortho nitro benzene ring substituents is 1. The van der Waals surface area contributed by atoms with E-state index in [4.69, 9.17) is 0 Å². The highest BCUT2D eigenvalue weighted by molar-refractivity contribution is 7.17. The topological polar surface area (TPSA) is 128 Å². The third kappa shape index (κ3) is 5.38. The van der Waals surface area contributed by atoms with Crippen LogP contribution in [-0.4, -0.2) is 29.8 Å². The molecule has 0 unspecified atom stereocenters. The number of nitrogens with zero attached hydrogens (tertiary/aromatic N) is 1. The van der Waals surface area contributed by atoms with E-state index in [9.17, 15) is 24.5 Å². The Balaban J connectivity index is 1.54. The molecule has 0 spiro atoms. The molecule has 2 aromatic carbocycles. The Labute approximate surface area is 205 Å². The third-order valence-electron chi connectivity index (χ3n) is 5.77. The highest BCUT2D eigenvalue weighted by Crippen LogP contribution is 2.38. The normalized spacial score (nSPS) is 12.4. The smallest absolute Gasteiger partial charge is 0.337 e. The van der Waals surface area contributed by atoms with Gasteiger partial charge in [0, 0.05) is 29.1 Å². The Hall–Kier alpha value is -4.05. The number of carbonyl (C=O) groups is 3. The van der Waals surface area contributed by atoms with Crippen LogP contribution in [0.25, 0.3) is 0 Å². The number of methoxy groups -OCH3 is 1. The van der Waals surface area contributed by atoms with E-state index in [1.54, 1.807) is 12.1 Å². The molecule has 0 fully saturated rings. The number of nitro benzene ring substituents is 1. The average Bonchev–Trinajstić information content (AvgIpc) is 3.24. The molecule has 2 amide bonds. The number of thiophene rings is 1. The summed E-state index contributed by atoms with van der Waals surface area (Å²) in [6, 6.07) is 12.2. The molecule has 1 heterocycles. The minimum absolute atomic E-state index is 0.0455. The number of amides is 2. The number of fused-ring (bicyclic) bond motifs is 1. The molecule has 1 aliphatic rings. The Morgan fingerprint density at radius 2 is 1.74 bits per heavy atom. The molecule has 1 aromatic heterocycles. The Kier molecular flexibility index (Phi) is 7.21. The quantitative estimate of drug-likeness (QED) is 0.283. The van der Waals surface area contributed by atoms with Crippen LogP contribution in [0.2, 0.25) is 0 Å². The van der Waals surface area contributed by atoms with E-state index in [-0.39, 0.29) is 18.1 Å². The second kappa shape index (κ2) is 10.5. The van der Waals surface area contributed by atoms with Crippen LogP contribution in [0.4, 0.5) is 10.7 Å². The fourth-order valence-electron chi connectivity index (χ4n) is 4.00. The molecule has 9 nitrogen and oxygen atoms in total. The maximum Gasteiger partial charge on any atom is 0.337 e. The number of benzene rings is 2. The lowest BCUT2D eigenvalue weighted by molar-refractivity contribution is -0.384. The summed E-state index contributed by atoms with van der Waals surface area (Å²) >= 11 is 1.40. The van der Waals surface area contributed by atoms with Crippen molar-refractivity contribution in [1.29, 1.82) is 0 Å². The summed E-state index contributed by atoms with van der Waals surface area (Å²) in [5.74, 6) is -1.23. The summed E-state index contributed by atoms with van der Waals surface area (Å²) in [5, 5.41) is 17.2. The Morgan fingerprint density at radius 1 is 1.03 bits per heavy atom. The first kappa shape index (κ1) is 24.1. The zero-order valence-corrected chi connectivity index (χ0v) is 19.8. The van der Waals surface area contributed by atoms with Gasteiger partial charge < -0.3 is 15.4 Å². The molecule has 2 N–H and O–H groups in total. The van der Waals surface area contributed by atoms with Crippen LogP contribution in [0.3, 0.4) is 0 Å². The van der Waals surface area contributed by atoms with Gasteiger partial charge in [0.2, 0.25) is 0 Å². The zero-order chi connectivity index (χ0) is 24.9. The van der Waals surface area contributed by atoms with Gasteiger partial charge in [-0.2, -0.15) is 0 Å². The van der Waals surface area contributed by atoms with Gasteiger partial charge in [-0.1, -0.05) is 12.1 Å². The van der Waals surface area contributed by atoms with Crippen molar-refractivity contribution in [2.45, 2.75) is 32.2 Å². The highest BCUT2D eigenvalue weighted by atomic mass is 32.1. The maximum absolute atomic E-state index is 13.2. The van der Waals surface area contributed by atoms with Gasteiger partial charge in [0.15, 0.2) is 0 Å². The molecule has 4 rings (SSSR count). The van der Waals surface area contributed by atoms with E-state index in [1.165, 1.54) is 54.8 Å². The molecule has 0 saturated carbocycles. The van der Waals surface area contributed by atoms with Crippen LogP contribution >= 0.6 is 11.3 Å². The molecule has 180 valence electrons. The van der Waals surface area contributed by atoms with Gasteiger partial charge in [-0.25, -0.2) is 4.79 Å². The molecule has 10 heteroatoms. The number of carbonyl (C=O) groups excluding carboxylic acids is 3. The van der Waals surface area contributed by atoms with Gasteiger partial charge in [-0.3, -0.25) is 19.7 Å². The van der Waals surface area contributed by atoms with Crippen molar-refractivity contribution in [2.24, 2.45) is 0 Å². The second-order valence-corrected chi connectivity index (χ2v) is 9.15. The predicted octanol–water partition coefficient (Wildman–Crippen LogP) is 4.50. The van der Waals surface area contributed by atoms with E-state index in [0.29, 0.717) is 27.3 Å². The van der Waals surface area contributed by atoms with E-state index in [0.717, 1.165) is 36.1 Å². The van der Waals surface area contributed by atoms with Crippen LogP contribution in [0.5, 0.6) is 0 Å². The third-order valence-corrected chi connectivity index (χ3v) is 6.98. The standard InChI is InChI=1S/C25H23N3O6S/c1-34-25(31)17-11-9-16(10-12-17)22(29)27-24-21(19-7-2-3-8-20(19)35-24)23(30)26-14-15-5-4-6-18(13-15)28(32)33/h4-6,9-13H,2-3,7-8,14H2,1H3,(H,26,30)(H,27,29). The number of anilines is 1. The molecular formula is C25H23N3O6S. The van der Waals surface area contributed by atoms with Gasteiger partial charge in [0.25, 0.3) is 17.5 Å². The molecule has 3 aromatic rings. The number of aryl methyl sites for hydroxylation is 1. The van der Waals surface area contributed by atoms with E-state index in [2.05, 4.69) is 15.4 Å². The van der Waals surface area contributed by atoms with E-state index in [1.807, 2.05) is 0 Å². The summed E-state index contributed by atoms with van der Waals surface area (Å²) in [7, 11) is 1.28. The zero-order valence-electron chi connectivity index (χ0n) is 19.0. The second-order valence-electron chi connectivity index (χ2n) is 8.05. The fourth-order valence-corrected chi connectivity index (χ4v) is 5.28. The summed E-state index contributed by atoms with van der Waals surface area (Å²) in [5.41, 5.74) is 2.61. The van der Waals surface area contributed by atoms with Crippen molar-refractivity contribution in [2.75, 3.05) is 12.4 Å². The number of ether oxygens (including phenoxy) is 1. The SMILES string of the molecule is COC(=O)c1ccc(C(=O)Nc2sc3c(c2C(=O)NCc2cccc([N+](=O)[O-])c2)CCCC3)cc1. The minimum atomic E-state index is -0.495. The monoisotopic (exact) mass is 493 g/mol. The van der Waals surface area contributed by atoms with Gasteiger partial charge in [0.1, 0.15) is 5.00 Å². The molecule has 0 saturated heterocycles. The molecular weight excluding hydrogens is 470 g/mol. The molecule has 0 bridgehead atoms. The van der Waals surface area contributed by atoms with Crippen LogP contribution in [0, 0.1) is 10.1 Å².